The number of carboxylic acids is 1. The molecule has 7 heteroatoms. The summed E-state index contributed by atoms with van der Waals surface area (Å²) in [5, 5.41) is 9.32. The lowest BCUT2D eigenvalue weighted by molar-refractivity contribution is -0.156. The van der Waals surface area contributed by atoms with Gasteiger partial charge in [0.15, 0.2) is 5.54 Å². The van der Waals surface area contributed by atoms with Gasteiger partial charge in [-0.15, -0.1) is 0 Å². The molecule has 1 aromatic carbocycles. The van der Waals surface area contributed by atoms with Gasteiger partial charge in [-0.2, -0.15) is 13.2 Å². The van der Waals surface area contributed by atoms with E-state index in [9.17, 15) is 27.9 Å². The van der Waals surface area contributed by atoms with E-state index in [0.29, 0.717) is 0 Å². The number of carbonyl (C=O) groups is 2. The van der Waals surface area contributed by atoms with Gasteiger partial charge < -0.3 is 10.0 Å². The van der Waals surface area contributed by atoms with Gasteiger partial charge in [0.05, 0.1) is 5.56 Å². The van der Waals surface area contributed by atoms with Gasteiger partial charge in [-0.1, -0.05) is 12.1 Å². The van der Waals surface area contributed by atoms with Gasteiger partial charge >= 0.3 is 12.1 Å². The van der Waals surface area contributed by atoms with E-state index in [1.54, 1.807) is 0 Å². The highest BCUT2D eigenvalue weighted by molar-refractivity contribution is 5.86. The Balaban J connectivity index is 3.31. The zero-order chi connectivity index (χ0) is 15.7. The Kier molecular flexibility index (Phi) is 4.12. The summed E-state index contributed by atoms with van der Waals surface area (Å²) in [5.41, 5.74) is -2.51. The molecule has 1 aromatic rings. The highest BCUT2D eigenvalue weighted by atomic mass is 19.4. The molecule has 0 radical (unpaired) electrons. The summed E-state index contributed by atoms with van der Waals surface area (Å²) in [5.74, 6) is -1.83. The SMILES string of the molecule is CC(=O)N(C)C(C)(C(=O)O)c1ccc(C(F)(F)F)cc1. The average Bonchev–Trinajstić information content (AvgIpc) is 2.35. The van der Waals surface area contributed by atoms with Gasteiger partial charge in [-0.3, -0.25) is 4.79 Å². The van der Waals surface area contributed by atoms with E-state index in [0.717, 1.165) is 29.2 Å². The number of benzene rings is 1. The number of hydrogen-bond donors (Lipinski definition) is 1. The number of carboxylic acid groups (broad SMARTS) is 1. The Morgan fingerprint density at radius 1 is 1.10 bits per heavy atom. The molecular formula is C13H14F3NO3. The Labute approximate surface area is 113 Å². The molecule has 0 saturated carbocycles. The standard InChI is InChI=1S/C13H14F3NO3/c1-8(18)17(3)12(2,11(19)20)9-4-6-10(7-5-9)13(14,15)16/h4-7H,1-3H3,(H,19,20). The van der Waals surface area contributed by atoms with Gasteiger partial charge in [-0.25, -0.2) is 4.79 Å². The van der Waals surface area contributed by atoms with Gasteiger partial charge in [0, 0.05) is 14.0 Å². The summed E-state index contributed by atoms with van der Waals surface area (Å²) in [6.45, 7) is 2.45. The molecule has 1 unspecified atom stereocenters. The monoisotopic (exact) mass is 289 g/mol. The maximum atomic E-state index is 12.5. The van der Waals surface area contributed by atoms with Crippen LogP contribution < -0.4 is 0 Å². The molecular weight excluding hydrogens is 275 g/mol. The fraction of sp³-hybridized carbons (Fsp3) is 0.385. The van der Waals surface area contributed by atoms with Gasteiger partial charge in [0.25, 0.3) is 0 Å². The zero-order valence-electron chi connectivity index (χ0n) is 11.2. The van der Waals surface area contributed by atoms with Crippen LogP contribution in [-0.4, -0.2) is 28.9 Å². The van der Waals surface area contributed by atoms with Crippen LogP contribution in [-0.2, 0) is 21.3 Å². The predicted octanol–water partition coefficient (Wildman–Crippen LogP) is 2.48. The van der Waals surface area contributed by atoms with Crippen LogP contribution in [0.2, 0.25) is 0 Å². The lowest BCUT2D eigenvalue weighted by Crippen LogP contribution is -2.49. The Morgan fingerprint density at radius 3 is 1.80 bits per heavy atom. The summed E-state index contributed by atoms with van der Waals surface area (Å²) in [4.78, 5) is 23.8. The molecule has 110 valence electrons. The number of halogens is 3. The van der Waals surface area contributed by atoms with Crippen molar-refractivity contribution >= 4 is 11.9 Å². The van der Waals surface area contributed by atoms with Crippen molar-refractivity contribution in [3.8, 4) is 0 Å². The van der Waals surface area contributed by atoms with Crippen LogP contribution in [0.4, 0.5) is 13.2 Å². The second-order valence-corrected chi connectivity index (χ2v) is 4.53. The minimum Gasteiger partial charge on any atom is -0.479 e. The topological polar surface area (TPSA) is 57.6 Å². The molecule has 0 bridgehead atoms. The first-order chi connectivity index (χ1) is 9.01. The van der Waals surface area contributed by atoms with Crippen LogP contribution in [0, 0.1) is 0 Å². The Bertz CT molecular complexity index is 525. The largest absolute Gasteiger partial charge is 0.479 e. The number of alkyl halides is 3. The van der Waals surface area contributed by atoms with Crippen molar-refractivity contribution in [1.82, 2.24) is 4.90 Å². The first-order valence-electron chi connectivity index (χ1n) is 5.66. The van der Waals surface area contributed by atoms with E-state index in [1.165, 1.54) is 20.9 Å². The van der Waals surface area contributed by atoms with Gasteiger partial charge in [0.1, 0.15) is 0 Å². The van der Waals surface area contributed by atoms with Crippen molar-refractivity contribution in [2.24, 2.45) is 0 Å². The average molecular weight is 289 g/mol. The summed E-state index contributed by atoms with van der Waals surface area (Å²) in [6, 6.07) is 3.72. The molecule has 1 amide bonds. The zero-order valence-corrected chi connectivity index (χ0v) is 11.2. The van der Waals surface area contributed by atoms with Crippen molar-refractivity contribution in [3.05, 3.63) is 35.4 Å². The molecule has 0 heterocycles. The van der Waals surface area contributed by atoms with Crippen LogP contribution in [0.25, 0.3) is 0 Å². The fourth-order valence-corrected chi connectivity index (χ4v) is 1.76. The van der Waals surface area contributed by atoms with E-state index in [1.807, 2.05) is 0 Å². The predicted molar refractivity (Wildman–Crippen MR) is 64.9 cm³/mol. The third-order valence-corrected chi connectivity index (χ3v) is 3.33. The first kappa shape index (κ1) is 16.0. The summed E-state index contributed by atoms with van der Waals surface area (Å²) in [6.07, 6.45) is -4.50. The normalized spacial score (nSPS) is 14.5. The molecule has 1 rings (SSSR count). The van der Waals surface area contributed by atoms with Crippen molar-refractivity contribution in [1.29, 1.82) is 0 Å². The number of hydrogen-bond acceptors (Lipinski definition) is 2. The maximum absolute atomic E-state index is 12.5. The van der Waals surface area contributed by atoms with Crippen LogP contribution in [0.1, 0.15) is 25.0 Å². The number of aliphatic carboxylic acids is 1. The van der Waals surface area contributed by atoms with Crippen LogP contribution >= 0.6 is 0 Å². The summed E-state index contributed by atoms with van der Waals surface area (Å²) >= 11 is 0. The van der Waals surface area contributed by atoms with Crippen molar-refractivity contribution in [3.63, 3.8) is 0 Å². The van der Waals surface area contributed by atoms with E-state index in [-0.39, 0.29) is 5.56 Å². The third kappa shape index (κ3) is 2.76. The first-order valence-corrected chi connectivity index (χ1v) is 5.66. The summed E-state index contributed by atoms with van der Waals surface area (Å²) in [7, 11) is 1.29. The highest BCUT2D eigenvalue weighted by Gasteiger charge is 2.41. The molecule has 0 aliphatic rings. The lowest BCUT2D eigenvalue weighted by Gasteiger charge is -2.35. The molecule has 0 saturated heterocycles. The number of amides is 1. The number of nitrogens with zero attached hydrogens (tertiary/aromatic N) is 1. The molecule has 0 aromatic heterocycles. The minimum absolute atomic E-state index is 0.0932. The van der Waals surface area contributed by atoms with Crippen LogP contribution in [0.5, 0.6) is 0 Å². The van der Waals surface area contributed by atoms with Crippen LogP contribution in [0.15, 0.2) is 24.3 Å². The smallest absolute Gasteiger partial charge is 0.416 e. The van der Waals surface area contributed by atoms with E-state index < -0.39 is 29.2 Å². The summed E-state index contributed by atoms with van der Waals surface area (Å²) < 4.78 is 37.4. The Hall–Kier alpha value is -2.05. The molecule has 1 N–H and O–H groups in total. The van der Waals surface area contributed by atoms with E-state index in [2.05, 4.69) is 0 Å². The molecule has 20 heavy (non-hydrogen) atoms. The van der Waals surface area contributed by atoms with Crippen molar-refractivity contribution in [2.75, 3.05) is 7.05 Å². The maximum Gasteiger partial charge on any atom is 0.416 e. The molecule has 0 spiro atoms. The Morgan fingerprint density at radius 2 is 1.50 bits per heavy atom. The molecule has 0 aliphatic carbocycles. The number of carbonyl (C=O) groups excluding carboxylic acids is 1. The van der Waals surface area contributed by atoms with Crippen molar-refractivity contribution < 1.29 is 27.9 Å². The van der Waals surface area contributed by atoms with E-state index in [4.69, 9.17) is 0 Å². The van der Waals surface area contributed by atoms with Crippen molar-refractivity contribution in [2.45, 2.75) is 25.6 Å². The molecule has 1 atom stereocenters. The van der Waals surface area contributed by atoms with E-state index >= 15 is 0 Å². The third-order valence-electron chi connectivity index (χ3n) is 3.33. The molecule has 4 nitrogen and oxygen atoms in total. The van der Waals surface area contributed by atoms with Gasteiger partial charge in [0.2, 0.25) is 5.91 Å². The number of likely N-dealkylation sites (N-methyl/N-ethyl adjacent to an activating group) is 1. The van der Waals surface area contributed by atoms with Gasteiger partial charge in [-0.05, 0) is 24.6 Å². The second kappa shape index (κ2) is 5.15. The molecule has 0 aliphatic heterocycles. The quantitative estimate of drug-likeness (QED) is 0.930. The molecule has 0 fully saturated rings. The number of rotatable bonds is 3. The fourth-order valence-electron chi connectivity index (χ4n) is 1.76. The minimum atomic E-state index is -4.50. The second-order valence-electron chi connectivity index (χ2n) is 4.53. The lowest BCUT2D eigenvalue weighted by atomic mass is 9.89. The van der Waals surface area contributed by atoms with Crippen LogP contribution in [0.3, 0.4) is 0 Å². The highest BCUT2D eigenvalue weighted by Crippen LogP contribution is 2.33.